The molecule has 1 aromatic carbocycles. The van der Waals surface area contributed by atoms with Crippen molar-refractivity contribution in [3.63, 3.8) is 0 Å². The Morgan fingerprint density at radius 1 is 1.47 bits per heavy atom. The molecule has 0 radical (unpaired) electrons. The van der Waals surface area contributed by atoms with Gasteiger partial charge < -0.3 is 14.9 Å². The number of nitrogens with one attached hydrogen (secondary N) is 1. The molecular formula is C13H16N2O4. The third kappa shape index (κ3) is 2.91. The van der Waals surface area contributed by atoms with Crippen LogP contribution in [0.4, 0.5) is 0 Å². The number of hydrogen-bond acceptors (Lipinski definition) is 5. The van der Waals surface area contributed by atoms with E-state index in [0.29, 0.717) is 5.56 Å². The number of esters is 1. The molecule has 2 aromatic rings. The number of aliphatic hydroxyl groups is 2. The van der Waals surface area contributed by atoms with Crippen molar-refractivity contribution in [2.24, 2.45) is 0 Å². The molecule has 19 heavy (non-hydrogen) atoms. The van der Waals surface area contributed by atoms with Crippen LogP contribution in [0.3, 0.4) is 0 Å². The number of carbonyl (C=O) groups excluding carboxylic acids is 1. The normalized spacial score (nSPS) is 14.3. The van der Waals surface area contributed by atoms with E-state index in [2.05, 4.69) is 10.2 Å². The fourth-order valence-electron chi connectivity index (χ4n) is 1.96. The molecule has 0 aliphatic carbocycles. The number of aromatic nitrogens is 2. The number of benzene rings is 1. The zero-order chi connectivity index (χ0) is 13.8. The minimum atomic E-state index is -1.21. The predicted molar refractivity (Wildman–Crippen MR) is 68.3 cm³/mol. The lowest BCUT2D eigenvalue weighted by Crippen LogP contribution is -2.23. The molecule has 0 spiro atoms. The second-order valence-electron chi connectivity index (χ2n) is 4.20. The van der Waals surface area contributed by atoms with Crippen molar-refractivity contribution in [3.8, 4) is 0 Å². The van der Waals surface area contributed by atoms with Crippen LogP contribution in [0.2, 0.25) is 0 Å². The van der Waals surface area contributed by atoms with Gasteiger partial charge in [-0.15, -0.1) is 0 Å². The molecule has 0 bridgehead atoms. The summed E-state index contributed by atoms with van der Waals surface area (Å²) < 4.78 is 4.74. The highest BCUT2D eigenvalue weighted by Gasteiger charge is 2.23. The van der Waals surface area contributed by atoms with E-state index in [0.717, 1.165) is 10.9 Å². The summed E-state index contributed by atoms with van der Waals surface area (Å²) in [5.74, 6) is -0.534. The fourth-order valence-corrected chi connectivity index (χ4v) is 1.96. The summed E-state index contributed by atoms with van der Waals surface area (Å²) in [5.41, 5.74) is 1.29. The van der Waals surface area contributed by atoms with Gasteiger partial charge >= 0.3 is 5.97 Å². The Balaban J connectivity index is 2.16. The summed E-state index contributed by atoms with van der Waals surface area (Å²) in [5, 5.41) is 27.4. The first kappa shape index (κ1) is 13.5. The van der Waals surface area contributed by atoms with Crippen LogP contribution in [0.1, 0.15) is 25.0 Å². The van der Waals surface area contributed by atoms with Crippen molar-refractivity contribution in [2.45, 2.75) is 25.6 Å². The van der Waals surface area contributed by atoms with Crippen LogP contribution < -0.4 is 0 Å². The lowest BCUT2D eigenvalue weighted by atomic mass is 9.99. The van der Waals surface area contributed by atoms with Crippen molar-refractivity contribution in [1.82, 2.24) is 10.2 Å². The topological polar surface area (TPSA) is 95.4 Å². The zero-order valence-electron chi connectivity index (χ0n) is 10.5. The summed E-state index contributed by atoms with van der Waals surface area (Å²) in [6, 6.07) is 5.25. The van der Waals surface area contributed by atoms with Gasteiger partial charge in [0.05, 0.1) is 30.8 Å². The maximum absolute atomic E-state index is 11.3. The van der Waals surface area contributed by atoms with Crippen LogP contribution in [0.5, 0.6) is 0 Å². The van der Waals surface area contributed by atoms with Crippen molar-refractivity contribution in [2.75, 3.05) is 6.61 Å². The predicted octanol–water partition coefficient (Wildman–Crippen LogP) is 0.910. The molecule has 3 N–H and O–H groups in total. The van der Waals surface area contributed by atoms with E-state index in [-0.39, 0.29) is 13.0 Å². The summed E-state index contributed by atoms with van der Waals surface area (Å²) in [4.78, 5) is 11.3. The molecule has 0 saturated carbocycles. The van der Waals surface area contributed by atoms with Gasteiger partial charge in [-0.25, -0.2) is 0 Å². The van der Waals surface area contributed by atoms with Crippen molar-refractivity contribution in [1.29, 1.82) is 0 Å². The molecule has 6 nitrogen and oxygen atoms in total. The van der Waals surface area contributed by atoms with Crippen LogP contribution in [0.15, 0.2) is 24.4 Å². The quantitative estimate of drug-likeness (QED) is 0.698. The van der Waals surface area contributed by atoms with Crippen LogP contribution in [0, 0.1) is 0 Å². The highest BCUT2D eigenvalue weighted by molar-refractivity contribution is 5.82. The number of aromatic amines is 1. The molecule has 0 saturated heterocycles. The smallest absolute Gasteiger partial charge is 0.308 e. The summed E-state index contributed by atoms with van der Waals surface area (Å²) >= 11 is 0. The average Bonchev–Trinajstić information content (AvgIpc) is 2.86. The molecule has 6 heteroatoms. The summed E-state index contributed by atoms with van der Waals surface area (Å²) in [6.45, 7) is 1.94. The van der Waals surface area contributed by atoms with Gasteiger partial charge in [0, 0.05) is 5.39 Å². The Morgan fingerprint density at radius 3 is 3.00 bits per heavy atom. The second-order valence-corrected chi connectivity index (χ2v) is 4.20. The van der Waals surface area contributed by atoms with Crippen LogP contribution in [-0.2, 0) is 9.53 Å². The number of carbonyl (C=O) groups is 1. The molecule has 0 amide bonds. The van der Waals surface area contributed by atoms with E-state index < -0.39 is 18.2 Å². The minimum absolute atomic E-state index is 0.247. The maximum atomic E-state index is 11.3. The third-order valence-electron chi connectivity index (χ3n) is 2.88. The SMILES string of the molecule is CCOC(=O)CC(O)C(O)c1cccc2[nH]ncc12. The average molecular weight is 264 g/mol. The van der Waals surface area contributed by atoms with Crippen LogP contribution in [0.25, 0.3) is 10.9 Å². The van der Waals surface area contributed by atoms with E-state index in [9.17, 15) is 15.0 Å². The van der Waals surface area contributed by atoms with E-state index in [4.69, 9.17) is 4.74 Å². The number of hydrogen-bond donors (Lipinski definition) is 3. The van der Waals surface area contributed by atoms with E-state index in [1.54, 1.807) is 25.3 Å². The molecule has 1 aromatic heterocycles. The molecule has 2 unspecified atom stereocenters. The molecule has 102 valence electrons. The number of H-pyrrole nitrogens is 1. The molecular weight excluding hydrogens is 248 g/mol. The Bertz CT molecular complexity index is 567. The highest BCUT2D eigenvalue weighted by atomic mass is 16.5. The van der Waals surface area contributed by atoms with Gasteiger partial charge in [-0.1, -0.05) is 12.1 Å². The van der Waals surface area contributed by atoms with Gasteiger partial charge in [0.15, 0.2) is 0 Å². The molecule has 2 rings (SSSR count). The number of ether oxygens (including phenoxy) is 1. The third-order valence-corrected chi connectivity index (χ3v) is 2.88. The van der Waals surface area contributed by atoms with Crippen molar-refractivity contribution >= 4 is 16.9 Å². The van der Waals surface area contributed by atoms with Gasteiger partial charge in [0.2, 0.25) is 0 Å². The lowest BCUT2D eigenvalue weighted by Gasteiger charge is -2.18. The summed E-state index contributed by atoms with van der Waals surface area (Å²) in [7, 11) is 0. The Labute approximate surface area is 110 Å². The largest absolute Gasteiger partial charge is 0.466 e. The van der Waals surface area contributed by atoms with Gasteiger partial charge in [0.1, 0.15) is 6.10 Å². The first-order chi connectivity index (χ1) is 9.13. The Morgan fingerprint density at radius 2 is 2.26 bits per heavy atom. The highest BCUT2D eigenvalue weighted by Crippen LogP contribution is 2.26. The molecule has 2 atom stereocenters. The number of rotatable bonds is 5. The Kier molecular flexibility index (Phi) is 4.13. The number of fused-ring (bicyclic) bond motifs is 1. The fraction of sp³-hybridized carbons (Fsp3) is 0.385. The van der Waals surface area contributed by atoms with Crippen molar-refractivity contribution < 1.29 is 19.7 Å². The monoisotopic (exact) mass is 264 g/mol. The van der Waals surface area contributed by atoms with Crippen LogP contribution in [-0.4, -0.2) is 39.1 Å². The van der Waals surface area contributed by atoms with Gasteiger partial charge in [-0.05, 0) is 18.6 Å². The number of nitrogens with zero attached hydrogens (tertiary/aromatic N) is 1. The molecule has 0 aliphatic rings. The summed E-state index contributed by atoms with van der Waals surface area (Å²) in [6.07, 6.45) is -1.04. The number of aliphatic hydroxyl groups excluding tert-OH is 2. The van der Waals surface area contributed by atoms with E-state index in [1.807, 2.05) is 6.07 Å². The lowest BCUT2D eigenvalue weighted by molar-refractivity contribution is -0.147. The molecule has 0 aliphatic heterocycles. The molecule has 1 heterocycles. The van der Waals surface area contributed by atoms with Gasteiger partial charge in [0.25, 0.3) is 0 Å². The van der Waals surface area contributed by atoms with E-state index in [1.165, 1.54) is 0 Å². The second kappa shape index (κ2) is 5.81. The first-order valence-corrected chi connectivity index (χ1v) is 6.07. The van der Waals surface area contributed by atoms with Crippen molar-refractivity contribution in [3.05, 3.63) is 30.0 Å². The molecule has 0 fully saturated rings. The van der Waals surface area contributed by atoms with E-state index >= 15 is 0 Å². The first-order valence-electron chi connectivity index (χ1n) is 6.07. The van der Waals surface area contributed by atoms with Crippen LogP contribution >= 0.6 is 0 Å². The zero-order valence-corrected chi connectivity index (χ0v) is 10.5. The Hall–Kier alpha value is -1.92. The van der Waals surface area contributed by atoms with Gasteiger partial charge in [-0.3, -0.25) is 9.89 Å². The van der Waals surface area contributed by atoms with Gasteiger partial charge in [-0.2, -0.15) is 5.10 Å². The minimum Gasteiger partial charge on any atom is -0.466 e. The maximum Gasteiger partial charge on any atom is 0.308 e. The standard InChI is InChI=1S/C13H16N2O4/c1-2-19-12(17)6-11(16)13(18)8-4-3-5-10-9(8)7-14-15-10/h3-5,7,11,13,16,18H,2,6H2,1H3,(H,14,15).